The largest absolute Gasteiger partial charge is 0.0916 e. The molecular formula is C12H18. The molecular weight excluding hydrogens is 144 g/mol. The Labute approximate surface area is 75.7 Å². The zero-order chi connectivity index (χ0) is 9.03. The maximum Gasteiger partial charge on any atom is -0.00742 e. The van der Waals surface area contributed by atoms with Gasteiger partial charge in [-0.25, -0.2) is 0 Å². The Morgan fingerprint density at radius 1 is 1.58 bits per heavy atom. The van der Waals surface area contributed by atoms with Crippen LogP contribution in [0.5, 0.6) is 0 Å². The molecule has 0 nitrogen and oxygen atoms in total. The minimum Gasteiger partial charge on any atom is -0.0916 e. The van der Waals surface area contributed by atoms with Gasteiger partial charge in [-0.05, 0) is 32.1 Å². The normalized spacial score (nSPS) is 29.4. The number of hydrogen-bond acceptors (Lipinski definition) is 0. The molecule has 1 aliphatic rings. The fourth-order valence-electron chi connectivity index (χ4n) is 1.40. The van der Waals surface area contributed by atoms with Crippen molar-refractivity contribution in [3.63, 3.8) is 0 Å². The third kappa shape index (κ3) is 2.37. The average molecular weight is 162 g/mol. The first-order chi connectivity index (χ1) is 5.66. The summed E-state index contributed by atoms with van der Waals surface area (Å²) in [7, 11) is 0. The van der Waals surface area contributed by atoms with Gasteiger partial charge in [-0.1, -0.05) is 42.9 Å². The molecule has 1 unspecified atom stereocenters. The van der Waals surface area contributed by atoms with Crippen LogP contribution in [-0.4, -0.2) is 0 Å². The molecule has 0 bridgehead atoms. The van der Waals surface area contributed by atoms with Crippen LogP contribution in [0.2, 0.25) is 0 Å². The van der Waals surface area contributed by atoms with Gasteiger partial charge in [0.1, 0.15) is 0 Å². The summed E-state index contributed by atoms with van der Waals surface area (Å²) in [6.45, 7) is 6.55. The molecule has 0 aromatic heterocycles. The van der Waals surface area contributed by atoms with E-state index in [1.54, 1.807) is 0 Å². The van der Waals surface area contributed by atoms with Crippen molar-refractivity contribution < 1.29 is 0 Å². The van der Waals surface area contributed by atoms with Gasteiger partial charge in [0.25, 0.3) is 0 Å². The summed E-state index contributed by atoms with van der Waals surface area (Å²) in [4.78, 5) is 0. The predicted molar refractivity (Wildman–Crippen MR) is 55.1 cm³/mol. The lowest BCUT2D eigenvalue weighted by Crippen LogP contribution is -2.13. The molecule has 0 saturated carbocycles. The summed E-state index contributed by atoms with van der Waals surface area (Å²) >= 11 is 0. The van der Waals surface area contributed by atoms with Gasteiger partial charge < -0.3 is 0 Å². The minimum atomic E-state index is 0.367. The van der Waals surface area contributed by atoms with Crippen LogP contribution >= 0.6 is 0 Å². The first-order valence-corrected chi connectivity index (χ1v) is 4.63. The molecule has 12 heavy (non-hydrogen) atoms. The van der Waals surface area contributed by atoms with E-state index >= 15 is 0 Å². The van der Waals surface area contributed by atoms with Crippen molar-refractivity contribution in [2.24, 2.45) is 5.41 Å². The Morgan fingerprint density at radius 2 is 2.33 bits per heavy atom. The molecule has 0 amide bonds. The standard InChI is InChI=1S/C12H18/c1-4-5-8-12(3)9-6-11(2)7-10-12/h4-7,9H,8,10H2,1-3H3. The fraction of sp³-hybridized carbons (Fsp3) is 0.500. The van der Waals surface area contributed by atoms with Crippen molar-refractivity contribution in [3.05, 3.63) is 36.0 Å². The van der Waals surface area contributed by atoms with Gasteiger partial charge >= 0.3 is 0 Å². The monoisotopic (exact) mass is 162 g/mol. The lowest BCUT2D eigenvalue weighted by molar-refractivity contribution is 0.434. The summed E-state index contributed by atoms with van der Waals surface area (Å²) < 4.78 is 0. The van der Waals surface area contributed by atoms with Crippen molar-refractivity contribution >= 4 is 0 Å². The second kappa shape index (κ2) is 3.75. The van der Waals surface area contributed by atoms with E-state index in [-0.39, 0.29) is 0 Å². The van der Waals surface area contributed by atoms with E-state index < -0.39 is 0 Å². The van der Waals surface area contributed by atoms with Crippen LogP contribution in [0, 0.1) is 5.41 Å². The molecule has 1 aliphatic carbocycles. The average Bonchev–Trinajstić information content (AvgIpc) is 2.08. The SMILES string of the molecule is CC=CCC1(C)C=CC(C)=CC1. The molecule has 0 fully saturated rings. The second-order valence-electron chi connectivity index (χ2n) is 3.91. The Hall–Kier alpha value is -0.780. The summed E-state index contributed by atoms with van der Waals surface area (Å²) in [5.41, 5.74) is 1.76. The Kier molecular flexibility index (Phi) is 2.91. The van der Waals surface area contributed by atoms with Crippen molar-refractivity contribution in [2.45, 2.75) is 33.6 Å². The van der Waals surface area contributed by atoms with Crippen molar-refractivity contribution in [2.75, 3.05) is 0 Å². The molecule has 0 heteroatoms. The number of allylic oxidation sites excluding steroid dienone is 6. The Balaban J connectivity index is 2.59. The highest BCUT2D eigenvalue weighted by Gasteiger charge is 2.19. The highest BCUT2D eigenvalue weighted by atomic mass is 14.2. The number of rotatable bonds is 2. The first-order valence-electron chi connectivity index (χ1n) is 4.63. The van der Waals surface area contributed by atoms with Gasteiger partial charge in [0.15, 0.2) is 0 Å². The maximum absolute atomic E-state index is 2.34. The highest BCUT2D eigenvalue weighted by molar-refractivity contribution is 5.24. The van der Waals surface area contributed by atoms with Crippen LogP contribution in [-0.2, 0) is 0 Å². The van der Waals surface area contributed by atoms with Crippen LogP contribution < -0.4 is 0 Å². The molecule has 1 rings (SSSR count). The third-order valence-corrected chi connectivity index (χ3v) is 2.46. The van der Waals surface area contributed by atoms with E-state index in [4.69, 9.17) is 0 Å². The molecule has 0 saturated heterocycles. The van der Waals surface area contributed by atoms with Crippen molar-refractivity contribution in [1.82, 2.24) is 0 Å². The van der Waals surface area contributed by atoms with Crippen LogP contribution in [0.3, 0.4) is 0 Å². The lowest BCUT2D eigenvalue weighted by atomic mass is 9.79. The lowest BCUT2D eigenvalue weighted by Gasteiger charge is -2.25. The van der Waals surface area contributed by atoms with Gasteiger partial charge in [0.2, 0.25) is 0 Å². The van der Waals surface area contributed by atoms with E-state index in [1.165, 1.54) is 12.0 Å². The highest BCUT2D eigenvalue weighted by Crippen LogP contribution is 2.32. The molecule has 0 heterocycles. The Morgan fingerprint density at radius 3 is 2.83 bits per heavy atom. The predicted octanol–water partition coefficient (Wildman–Crippen LogP) is 3.87. The summed E-state index contributed by atoms with van der Waals surface area (Å²) in [5.74, 6) is 0. The zero-order valence-electron chi connectivity index (χ0n) is 8.30. The molecule has 0 spiro atoms. The van der Waals surface area contributed by atoms with E-state index in [2.05, 4.69) is 51.2 Å². The Bertz CT molecular complexity index is 226. The molecule has 66 valence electrons. The van der Waals surface area contributed by atoms with Crippen molar-refractivity contribution in [1.29, 1.82) is 0 Å². The van der Waals surface area contributed by atoms with Crippen molar-refractivity contribution in [3.8, 4) is 0 Å². The summed E-state index contributed by atoms with van der Waals surface area (Å²) in [5, 5.41) is 0. The van der Waals surface area contributed by atoms with Crippen LogP contribution in [0.4, 0.5) is 0 Å². The third-order valence-electron chi connectivity index (χ3n) is 2.46. The maximum atomic E-state index is 2.34. The molecule has 0 aromatic rings. The summed E-state index contributed by atoms with van der Waals surface area (Å²) in [6.07, 6.45) is 13.6. The van der Waals surface area contributed by atoms with Gasteiger partial charge in [0.05, 0.1) is 0 Å². The molecule has 1 atom stereocenters. The van der Waals surface area contributed by atoms with E-state index in [0.29, 0.717) is 5.41 Å². The van der Waals surface area contributed by atoms with Gasteiger partial charge in [0, 0.05) is 0 Å². The summed E-state index contributed by atoms with van der Waals surface area (Å²) in [6, 6.07) is 0. The van der Waals surface area contributed by atoms with Crippen LogP contribution in [0.25, 0.3) is 0 Å². The minimum absolute atomic E-state index is 0.367. The van der Waals surface area contributed by atoms with Gasteiger partial charge in [-0.3, -0.25) is 0 Å². The molecule has 0 aromatic carbocycles. The second-order valence-corrected chi connectivity index (χ2v) is 3.91. The van der Waals surface area contributed by atoms with Gasteiger partial charge in [-0.2, -0.15) is 0 Å². The molecule has 0 radical (unpaired) electrons. The first kappa shape index (κ1) is 9.31. The molecule has 0 N–H and O–H groups in total. The zero-order valence-corrected chi connectivity index (χ0v) is 8.30. The quantitative estimate of drug-likeness (QED) is 0.541. The number of hydrogen-bond donors (Lipinski definition) is 0. The topological polar surface area (TPSA) is 0 Å². The van der Waals surface area contributed by atoms with Crippen LogP contribution in [0.15, 0.2) is 36.0 Å². The van der Waals surface area contributed by atoms with E-state index in [1.807, 2.05) is 0 Å². The molecule has 0 aliphatic heterocycles. The fourth-order valence-corrected chi connectivity index (χ4v) is 1.40. The van der Waals surface area contributed by atoms with Crippen LogP contribution in [0.1, 0.15) is 33.6 Å². The van der Waals surface area contributed by atoms with Gasteiger partial charge in [-0.15, -0.1) is 0 Å². The van der Waals surface area contributed by atoms with E-state index in [0.717, 1.165) is 6.42 Å². The smallest absolute Gasteiger partial charge is 0.00742 e. The van der Waals surface area contributed by atoms with E-state index in [9.17, 15) is 0 Å².